The first kappa shape index (κ1) is 13.2. The highest BCUT2D eigenvalue weighted by atomic mass is 35.5. The van der Waals surface area contributed by atoms with Crippen LogP contribution in [0, 0.1) is 17.0 Å². The van der Waals surface area contributed by atoms with Gasteiger partial charge in [0.1, 0.15) is 5.69 Å². The van der Waals surface area contributed by atoms with Crippen molar-refractivity contribution in [2.45, 2.75) is 13.5 Å². The summed E-state index contributed by atoms with van der Waals surface area (Å²) in [6, 6.07) is 3.60. The van der Waals surface area contributed by atoms with Gasteiger partial charge in [-0.3, -0.25) is 15.1 Å². The fourth-order valence-electron chi connectivity index (χ4n) is 1.56. The van der Waals surface area contributed by atoms with Crippen LogP contribution in [0.5, 0.6) is 0 Å². The number of nitro groups is 1. The number of nitrogens with zero attached hydrogens (tertiary/aromatic N) is 4. The van der Waals surface area contributed by atoms with Crippen molar-refractivity contribution in [1.82, 2.24) is 15.0 Å². The number of halogens is 1. The fourth-order valence-corrected chi connectivity index (χ4v) is 1.77. The lowest BCUT2D eigenvalue weighted by molar-refractivity contribution is -0.385. The van der Waals surface area contributed by atoms with Gasteiger partial charge in [-0.25, -0.2) is 4.98 Å². The van der Waals surface area contributed by atoms with E-state index < -0.39 is 4.92 Å². The highest BCUT2D eigenvalue weighted by Crippen LogP contribution is 2.26. The Kier molecular flexibility index (Phi) is 3.86. The van der Waals surface area contributed by atoms with Gasteiger partial charge in [-0.2, -0.15) is 4.98 Å². The third-order valence-electron chi connectivity index (χ3n) is 2.42. The Morgan fingerprint density at radius 3 is 2.68 bits per heavy atom. The van der Waals surface area contributed by atoms with Gasteiger partial charge in [-0.1, -0.05) is 0 Å². The fraction of sp³-hybridized carbons (Fsp3) is 0.182. The number of pyridine rings is 1. The molecule has 0 saturated heterocycles. The summed E-state index contributed by atoms with van der Waals surface area (Å²) in [5.41, 5.74) is 0.984. The average molecular weight is 280 g/mol. The molecule has 0 atom stereocenters. The molecule has 0 radical (unpaired) electrons. The van der Waals surface area contributed by atoms with E-state index in [9.17, 15) is 10.1 Å². The molecule has 0 aliphatic carbocycles. The van der Waals surface area contributed by atoms with Gasteiger partial charge in [0.2, 0.25) is 11.1 Å². The van der Waals surface area contributed by atoms with Gasteiger partial charge in [0.05, 0.1) is 4.92 Å². The second-order valence-corrected chi connectivity index (χ2v) is 4.08. The molecule has 0 fully saturated rings. The number of nitrogens with one attached hydrogen (secondary N) is 1. The lowest BCUT2D eigenvalue weighted by atomic mass is 10.2. The summed E-state index contributed by atoms with van der Waals surface area (Å²) in [5.74, 6) is 0.110. The molecule has 2 heterocycles. The van der Waals surface area contributed by atoms with Crippen molar-refractivity contribution in [3.8, 4) is 0 Å². The monoisotopic (exact) mass is 279 g/mol. The van der Waals surface area contributed by atoms with Crippen LogP contribution in [0.2, 0.25) is 5.28 Å². The summed E-state index contributed by atoms with van der Waals surface area (Å²) in [6.45, 7) is 1.90. The van der Waals surface area contributed by atoms with Crippen molar-refractivity contribution in [2.24, 2.45) is 0 Å². The molecule has 0 spiro atoms. The summed E-state index contributed by atoms with van der Waals surface area (Å²) in [6.07, 6.45) is 3.28. The number of hydrogen-bond acceptors (Lipinski definition) is 6. The van der Waals surface area contributed by atoms with E-state index in [0.29, 0.717) is 6.54 Å². The van der Waals surface area contributed by atoms with Crippen LogP contribution in [0.25, 0.3) is 0 Å². The highest BCUT2D eigenvalue weighted by Gasteiger charge is 2.21. The molecule has 2 aromatic heterocycles. The van der Waals surface area contributed by atoms with Crippen LogP contribution in [-0.4, -0.2) is 19.9 Å². The van der Waals surface area contributed by atoms with E-state index >= 15 is 0 Å². The van der Waals surface area contributed by atoms with Crippen LogP contribution in [0.3, 0.4) is 0 Å². The Balaban J connectivity index is 2.27. The summed E-state index contributed by atoms with van der Waals surface area (Å²) < 4.78 is 0. The Morgan fingerprint density at radius 1 is 1.37 bits per heavy atom. The van der Waals surface area contributed by atoms with Crippen LogP contribution >= 0.6 is 11.6 Å². The molecule has 7 nitrogen and oxygen atoms in total. The van der Waals surface area contributed by atoms with Gasteiger partial charge in [-0.15, -0.1) is 0 Å². The third-order valence-corrected chi connectivity index (χ3v) is 2.59. The number of anilines is 1. The van der Waals surface area contributed by atoms with Crippen molar-refractivity contribution in [2.75, 3.05) is 5.32 Å². The predicted octanol–water partition coefficient (Wildman–Crippen LogP) is 2.35. The first-order valence-electron chi connectivity index (χ1n) is 5.39. The van der Waals surface area contributed by atoms with Crippen LogP contribution in [0.4, 0.5) is 11.5 Å². The van der Waals surface area contributed by atoms with Crippen molar-refractivity contribution in [3.05, 3.63) is 51.2 Å². The normalized spacial score (nSPS) is 10.2. The Labute approximate surface area is 113 Å². The predicted molar refractivity (Wildman–Crippen MR) is 70.0 cm³/mol. The van der Waals surface area contributed by atoms with Crippen molar-refractivity contribution >= 4 is 23.1 Å². The second kappa shape index (κ2) is 5.57. The molecule has 0 aromatic carbocycles. The van der Waals surface area contributed by atoms with E-state index in [2.05, 4.69) is 20.3 Å². The molecule has 0 aliphatic heterocycles. The minimum Gasteiger partial charge on any atom is -0.360 e. The molecule has 2 aromatic rings. The molecule has 0 bridgehead atoms. The lowest BCUT2D eigenvalue weighted by Gasteiger charge is -2.07. The molecule has 98 valence electrons. The van der Waals surface area contributed by atoms with E-state index in [1.54, 1.807) is 24.5 Å². The zero-order chi connectivity index (χ0) is 13.8. The summed E-state index contributed by atoms with van der Waals surface area (Å²) in [4.78, 5) is 22.0. The van der Waals surface area contributed by atoms with Gasteiger partial charge < -0.3 is 5.32 Å². The quantitative estimate of drug-likeness (QED) is 0.524. The number of aryl methyl sites for hydroxylation is 1. The molecule has 0 amide bonds. The van der Waals surface area contributed by atoms with E-state index in [-0.39, 0.29) is 22.5 Å². The average Bonchev–Trinajstić information content (AvgIpc) is 2.36. The van der Waals surface area contributed by atoms with E-state index in [1.165, 1.54) is 6.92 Å². The number of rotatable bonds is 4. The van der Waals surface area contributed by atoms with Crippen LogP contribution < -0.4 is 5.32 Å². The van der Waals surface area contributed by atoms with Gasteiger partial charge >= 0.3 is 5.69 Å². The maximum Gasteiger partial charge on any atom is 0.332 e. The zero-order valence-electron chi connectivity index (χ0n) is 10.00. The van der Waals surface area contributed by atoms with Gasteiger partial charge in [0.15, 0.2) is 0 Å². The SMILES string of the molecule is Cc1nc(Cl)nc(NCc2ccncc2)c1[N+](=O)[O-]. The molecule has 0 unspecified atom stereocenters. The van der Waals surface area contributed by atoms with Crippen molar-refractivity contribution in [1.29, 1.82) is 0 Å². The lowest BCUT2D eigenvalue weighted by Crippen LogP contribution is -2.07. The maximum atomic E-state index is 11.0. The minimum atomic E-state index is -0.527. The summed E-state index contributed by atoms with van der Waals surface area (Å²) in [7, 11) is 0. The van der Waals surface area contributed by atoms with Gasteiger partial charge in [-0.05, 0) is 36.2 Å². The zero-order valence-corrected chi connectivity index (χ0v) is 10.8. The molecule has 8 heteroatoms. The largest absolute Gasteiger partial charge is 0.360 e. The van der Waals surface area contributed by atoms with E-state index in [0.717, 1.165) is 5.56 Å². The maximum absolute atomic E-state index is 11.0. The van der Waals surface area contributed by atoms with Crippen molar-refractivity contribution in [3.63, 3.8) is 0 Å². The van der Waals surface area contributed by atoms with Gasteiger partial charge in [0.25, 0.3) is 0 Å². The number of aromatic nitrogens is 3. The van der Waals surface area contributed by atoms with Crippen LogP contribution in [0.1, 0.15) is 11.3 Å². The van der Waals surface area contributed by atoms with E-state index in [1.807, 2.05) is 0 Å². The van der Waals surface area contributed by atoms with Crippen molar-refractivity contribution < 1.29 is 4.92 Å². The molecular weight excluding hydrogens is 270 g/mol. The van der Waals surface area contributed by atoms with Gasteiger partial charge in [0, 0.05) is 18.9 Å². The standard InChI is InChI=1S/C11H10ClN5O2/c1-7-9(17(18)19)10(16-11(12)15-7)14-6-8-2-4-13-5-3-8/h2-5H,6H2,1H3,(H,14,15,16). The molecule has 19 heavy (non-hydrogen) atoms. The third kappa shape index (κ3) is 3.14. The highest BCUT2D eigenvalue weighted by molar-refractivity contribution is 6.28. The topological polar surface area (TPSA) is 93.8 Å². The molecule has 2 rings (SSSR count). The first-order chi connectivity index (χ1) is 9.08. The van der Waals surface area contributed by atoms with E-state index in [4.69, 9.17) is 11.6 Å². The Hall–Kier alpha value is -2.28. The molecule has 0 aliphatic rings. The summed E-state index contributed by atoms with van der Waals surface area (Å²) >= 11 is 5.71. The first-order valence-corrected chi connectivity index (χ1v) is 5.77. The van der Waals surface area contributed by atoms with Crippen LogP contribution in [0.15, 0.2) is 24.5 Å². The molecule has 0 saturated carbocycles. The summed E-state index contributed by atoms with van der Waals surface area (Å²) in [5, 5.41) is 13.9. The molecule has 1 N–H and O–H groups in total. The Bertz CT molecular complexity index is 606. The second-order valence-electron chi connectivity index (χ2n) is 3.74. The Morgan fingerprint density at radius 2 is 2.05 bits per heavy atom. The van der Waals surface area contributed by atoms with Crippen LogP contribution in [-0.2, 0) is 6.54 Å². The smallest absolute Gasteiger partial charge is 0.332 e. The minimum absolute atomic E-state index is 0.0275. The molecular formula is C11H10ClN5O2. The number of hydrogen-bond donors (Lipinski definition) is 1.